The van der Waals surface area contributed by atoms with Crippen LogP contribution in [-0.4, -0.2) is 44.7 Å². The molecule has 0 bridgehead atoms. The van der Waals surface area contributed by atoms with Gasteiger partial charge in [-0.3, -0.25) is 0 Å². The van der Waals surface area contributed by atoms with Crippen LogP contribution in [0.3, 0.4) is 0 Å². The maximum Gasteiger partial charge on any atom is 0.122 e. The molecule has 1 aromatic carbocycles. The highest BCUT2D eigenvalue weighted by Crippen LogP contribution is 2.34. The van der Waals surface area contributed by atoms with E-state index in [0.29, 0.717) is 13.2 Å². The summed E-state index contributed by atoms with van der Waals surface area (Å²) >= 11 is 0. The maximum absolute atomic E-state index is 9.85. The van der Waals surface area contributed by atoms with Gasteiger partial charge in [0.05, 0.1) is 19.8 Å². The van der Waals surface area contributed by atoms with Crippen LogP contribution in [0.4, 0.5) is 0 Å². The molecule has 5 nitrogen and oxygen atoms in total. The number of nitrogens with two attached hydrogens (primary N) is 1. The second-order valence-electron chi connectivity index (χ2n) is 5.36. The van der Waals surface area contributed by atoms with Crippen LogP contribution in [0, 0.1) is 0 Å². The fraction of sp³-hybridized carbons (Fsp3) is 0.625. The van der Waals surface area contributed by atoms with Crippen molar-refractivity contribution in [1.82, 2.24) is 0 Å². The summed E-state index contributed by atoms with van der Waals surface area (Å²) in [5, 5.41) is 9.85. The average molecular weight is 295 g/mol. The summed E-state index contributed by atoms with van der Waals surface area (Å²) < 4.78 is 15.9. The topological polar surface area (TPSA) is 73.9 Å². The molecule has 2 atom stereocenters. The minimum absolute atomic E-state index is 0.0969. The molecule has 0 saturated heterocycles. The number of aliphatic hydroxyl groups excluding tert-OH is 1. The lowest BCUT2D eigenvalue weighted by molar-refractivity contribution is -0.00435. The minimum atomic E-state index is -0.644. The van der Waals surface area contributed by atoms with E-state index < -0.39 is 6.10 Å². The second kappa shape index (κ2) is 8.34. The summed E-state index contributed by atoms with van der Waals surface area (Å²) in [5.41, 5.74) is 8.48. The zero-order valence-corrected chi connectivity index (χ0v) is 12.6. The van der Waals surface area contributed by atoms with Crippen molar-refractivity contribution in [2.24, 2.45) is 5.73 Å². The van der Waals surface area contributed by atoms with E-state index in [0.717, 1.165) is 25.0 Å². The Morgan fingerprint density at radius 2 is 2.19 bits per heavy atom. The third-order valence-electron chi connectivity index (χ3n) is 3.68. The third-order valence-corrected chi connectivity index (χ3v) is 3.68. The van der Waals surface area contributed by atoms with Crippen molar-refractivity contribution in [2.45, 2.75) is 31.4 Å². The first kappa shape index (κ1) is 16.2. The Kier molecular flexibility index (Phi) is 6.45. The number of benzene rings is 1. The van der Waals surface area contributed by atoms with E-state index in [9.17, 15) is 5.11 Å². The van der Waals surface area contributed by atoms with Gasteiger partial charge >= 0.3 is 0 Å². The molecule has 0 saturated carbocycles. The van der Waals surface area contributed by atoms with Crippen LogP contribution in [0.25, 0.3) is 0 Å². The van der Waals surface area contributed by atoms with Crippen LogP contribution in [-0.2, 0) is 15.9 Å². The normalized spacial score (nSPS) is 19.1. The number of rotatable bonds is 8. The fourth-order valence-corrected chi connectivity index (χ4v) is 2.58. The zero-order chi connectivity index (χ0) is 15.1. The van der Waals surface area contributed by atoms with Crippen molar-refractivity contribution in [3.63, 3.8) is 0 Å². The predicted octanol–water partition coefficient (Wildman–Crippen LogP) is 1.43. The lowest BCUT2D eigenvalue weighted by Crippen LogP contribution is -2.25. The molecular formula is C16H25NO4. The number of hydrogen-bond donors (Lipinski definition) is 2. The maximum atomic E-state index is 9.85. The van der Waals surface area contributed by atoms with E-state index >= 15 is 0 Å². The van der Waals surface area contributed by atoms with E-state index in [1.165, 1.54) is 11.1 Å². The van der Waals surface area contributed by atoms with Crippen LogP contribution in [0.5, 0.6) is 5.75 Å². The summed E-state index contributed by atoms with van der Waals surface area (Å²) in [4.78, 5) is 0. The molecule has 3 N–H and O–H groups in total. The number of aliphatic hydroxyl groups is 1. The zero-order valence-electron chi connectivity index (χ0n) is 12.6. The van der Waals surface area contributed by atoms with Crippen molar-refractivity contribution in [1.29, 1.82) is 0 Å². The summed E-state index contributed by atoms with van der Waals surface area (Å²) in [6.45, 7) is 1.47. The van der Waals surface area contributed by atoms with Gasteiger partial charge in [0.25, 0.3) is 0 Å². The molecule has 0 amide bonds. The first-order valence-electron chi connectivity index (χ1n) is 7.47. The standard InChI is InChI=1S/C16H25NO4/c1-19-8-9-20-10-12(18)11-21-16-7-3-4-13-14(16)5-2-6-15(13)17/h3-4,7,12,15,18H,2,5-6,8-11,17H2,1H3. The van der Waals surface area contributed by atoms with Crippen molar-refractivity contribution >= 4 is 0 Å². The lowest BCUT2D eigenvalue weighted by atomic mass is 9.87. The van der Waals surface area contributed by atoms with E-state index in [1.54, 1.807) is 7.11 Å². The Morgan fingerprint density at radius 1 is 1.33 bits per heavy atom. The lowest BCUT2D eigenvalue weighted by Gasteiger charge is -2.24. The summed E-state index contributed by atoms with van der Waals surface area (Å²) in [7, 11) is 1.62. The van der Waals surface area contributed by atoms with Gasteiger partial charge in [-0.25, -0.2) is 0 Å². The number of methoxy groups -OCH3 is 1. The fourth-order valence-electron chi connectivity index (χ4n) is 2.58. The van der Waals surface area contributed by atoms with Gasteiger partial charge in [-0.05, 0) is 36.5 Å². The number of hydrogen-bond acceptors (Lipinski definition) is 5. The molecule has 1 aromatic rings. The summed E-state index contributed by atoms with van der Waals surface area (Å²) in [6.07, 6.45) is 2.44. The second-order valence-corrected chi connectivity index (χ2v) is 5.36. The quantitative estimate of drug-likeness (QED) is 0.710. The molecule has 2 rings (SSSR count). The smallest absolute Gasteiger partial charge is 0.122 e. The van der Waals surface area contributed by atoms with Crippen molar-refractivity contribution in [3.8, 4) is 5.75 Å². The molecule has 0 aliphatic heterocycles. The molecule has 118 valence electrons. The van der Waals surface area contributed by atoms with Gasteiger partial charge in [-0.1, -0.05) is 12.1 Å². The van der Waals surface area contributed by atoms with Crippen LogP contribution in [0.15, 0.2) is 18.2 Å². The largest absolute Gasteiger partial charge is 0.491 e. The molecule has 0 fully saturated rings. The third kappa shape index (κ3) is 4.68. The monoisotopic (exact) mass is 295 g/mol. The van der Waals surface area contributed by atoms with Crippen molar-refractivity contribution in [2.75, 3.05) is 33.5 Å². The molecule has 0 spiro atoms. The Balaban J connectivity index is 1.84. The first-order valence-corrected chi connectivity index (χ1v) is 7.47. The molecule has 2 unspecified atom stereocenters. The Morgan fingerprint density at radius 3 is 3.00 bits per heavy atom. The molecule has 5 heteroatoms. The highest BCUT2D eigenvalue weighted by molar-refractivity contribution is 5.43. The van der Waals surface area contributed by atoms with Gasteiger partial charge in [-0.2, -0.15) is 0 Å². The van der Waals surface area contributed by atoms with Gasteiger partial charge in [0.2, 0.25) is 0 Å². The minimum Gasteiger partial charge on any atom is -0.491 e. The van der Waals surface area contributed by atoms with Crippen molar-refractivity contribution in [3.05, 3.63) is 29.3 Å². The summed E-state index contributed by atoms with van der Waals surface area (Å²) in [6, 6.07) is 6.06. The van der Waals surface area contributed by atoms with Gasteiger partial charge in [-0.15, -0.1) is 0 Å². The molecule has 1 aliphatic carbocycles. The van der Waals surface area contributed by atoms with Gasteiger partial charge in [0.1, 0.15) is 18.5 Å². The number of ether oxygens (including phenoxy) is 3. The first-order chi connectivity index (χ1) is 10.2. The Labute approximate surface area is 126 Å². The van der Waals surface area contributed by atoms with Crippen LogP contribution in [0.2, 0.25) is 0 Å². The van der Waals surface area contributed by atoms with Gasteiger partial charge in [0.15, 0.2) is 0 Å². The molecule has 1 aliphatic rings. The highest BCUT2D eigenvalue weighted by Gasteiger charge is 2.20. The average Bonchev–Trinajstić information content (AvgIpc) is 2.50. The predicted molar refractivity (Wildman–Crippen MR) is 80.5 cm³/mol. The van der Waals surface area contributed by atoms with E-state index in [2.05, 4.69) is 6.07 Å². The Bertz CT molecular complexity index is 438. The summed E-state index contributed by atoms with van der Waals surface area (Å²) in [5.74, 6) is 0.832. The highest BCUT2D eigenvalue weighted by atomic mass is 16.5. The van der Waals surface area contributed by atoms with E-state index in [1.807, 2.05) is 12.1 Å². The number of fused-ring (bicyclic) bond motifs is 1. The molecule has 0 heterocycles. The SMILES string of the molecule is COCCOCC(O)COc1cccc2c1CCCC2N. The van der Waals surface area contributed by atoms with Gasteiger partial charge < -0.3 is 25.1 Å². The van der Waals surface area contributed by atoms with Crippen LogP contribution >= 0.6 is 0 Å². The molecule has 0 aromatic heterocycles. The molecule has 21 heavy (non-hydrogen) atoms. The molecular weight excluding hydrogens is 270 g/mol. The Hall–Kier alpha value is -1.14. The van der Waals surface area contributed by atoms with Crippen LogP contribution in [0.1, 0.15) is 30.0 Å². The van der Waals surface area contributed by atoms with Gasteiger partial charge in [0, 0.05) is 13.2 Å². The van der Waals surface area contributed by atoms with E-state index in [-0.39, 0.29) is 19.3 Å². The molecule has 0 radical (unpaired) electrons. The van der Waals surface area contributed by atoms with Crippen molar-refractivity contribution < 1.29 is 19.3 Å². The van der Waals surface area contributed by atoms with Crippen LogP contribution < -0.4 is 10.5 Å². The van der Waals surface area contributed by atoms with E-state index in [4.69, 9.17) is 19.9 Å².